The number of halogens is 1. The number of thioether (sulfide) groups is 1. The maximum atomic E-state index is 13.6. The highest BCUT2D eigenvalue weighted by Gasteiger charge is 2.11. The fourth-order valence-electron chi connectivity index (χ4n) is 1.18. The summed E-state index contributed by atoms with van der Waals surface area (Å²) in [4.78, 5) is 21.3. The van der Waals surface area contributed by atoms with Crippen LogP contribution in [0, 0.1) is 5.82 Å². The van der Waals surface area contributed by atoms with Gasteiger partial charge in [-0.05, 0) is 6.07 Å². The lowest BCUT2D eigenvalue weighted by Crippen LogP contribution is -2.01. The minimum Gasteiger partial charge on any atom is -0.478 e. The van der Waals surface area contributed by atoms with Crippen LogP contribution in [0.1, 0.15) is 22.8 Å². The van der Waals surface area contributed by atoms with Crippen LogP contribution >= 0.6 is 11.8 Å². The zero-order chi connectivity index (χ0) is 12.8. The van der Waals surface area contributed by atoms with Crippen molar-refractivity contribution in [2.45, 2.75) is 6.92 Å². The molecular formula is C12H11FO3S. The SMILES string of the molecule is CC(=O)SCC=Cc1cccc(C(=O)O)c1F. The molecule has 0 aliphatic carbocycles. The first-order chi connectivity index (χ1) is 8.02. The molecule has 0 heterocycles. The number of rotatable bonds is 4. The van der Waals surface area contributed by atoms with Gasteiger partial charge in [0.15, 0.2) is 5.12 Å². The molecule has 0 spiro atoms. The van der Waals surface area contributed by atoms with E-state index in [9.17, 15) is 14.0 Å². The molecule has 0 unspecified atom stereocenters. The minimum absolute atomic E-state index is 0.0191. The van der Waals surface area contributed by atoms with Gasteiger partial charge in [-0.2, -0.15) is 0 Å². The normalized spacial score (nSPS) is 10.7. The maximum Gasteiger partial charge on any atom is 0.338 e. The van der Waals surface area contributed by atoms with Crippen molar-refractivity contribution in [3.05, 3.63) is 41.2 Å². The van der Waals surface area contributed by atoms with Gasteiger partial charge >= 0.3 is 5.97 Å². The molecule has 1 aromatic carbocycles. The van der Waals surface area contributed by atoms with E-state index in [0.29, 0.717) is 5.75 Å². The fourth-order valence-corrected chi connectivity index (χ4v) is 1.61. The Balaban J connectivity index is 2.81. The number of aromatic carboxylic acids is 1. The number of hydrogen-bond donors (Lipinski definition) is 1. The van der Waals surface area contributed by atoms with Gasteiger partial charge in [-0.3, -0.25) is 4.79 Å². The summed E-state index contributed by atoms with van der Waals surface area (Å²) in [6.07, 6.45) is 3.09. The van der Waals surface area contributed by atoms with Gasteiger partial charge in [0.2, 0.25) is 0 Å². The predicted octanol–water partition coefficient (Wildman–Crippen LogP) is 2.82. The summed E-state index contributed by atoms with van der Waals surface area (Å²) in [5, 5.41) is 8.70. The molecule has 5 heteroatoms. The zero-order valence-electron chi connectivity index (χ0n) is 9.14. The van der Waals surface area contributed by atoms with Gasteiger partial charge in [-0.25, -0.2) is 9.18 Å². The van der Waals surface area contributed by atoms with Crippen LogP contribution in [-0.2, 0) is 4.79 Å². The Kier molecular flexibility index (Phi) is 4.90. The van der Waals surface area contributed by atoms with Crippen LogP contribution in [0.4, 0.5) is 4.39 Å². The lowest BCUT2D eigenvalue weighted by atomic mass is 10.1. The molecule has 0 aromatic heterocycles. The van der Waals surface area contributed by atoms with E-state index < -0.39 is 11.8 Å². The molecule has 0 amide bonds. The van der Waals surface area contributed by atoms with E-state index in [4.69, 9.17) is 5.11 Å². The van der Waals surface area contributed by atoms with Crippen LogP contribution in [0.3, 0.4) is 0 Å². The zero-order valence-corrected chi connectivity index (χ0v) is 9.96. The second-order valence-corrected chi connectivity index (χ2v) is 4.42. The first-order valence-electron chi connectivity index (χ1n) is 4.84. The predicted molar refractivity (Wildman–Crippen MR) is 65.5 cm³/mol. The lowest BCUT2D eigenvalue weighted by Gasteiger charge is -2.00. The average Bonchev–Trinajstić information content (AvgIpc) is 2.25. The summed E-state index contributed by atoms with van der Waals surface area (Å²) in [5.74, 6) is -1.62. The van der Waals surface area contributed by atoms with Crippen molar-refractivity contribution >= 4 is 28.9 Å². The highest BCUT2D eigenvalue weighted by Crippen LogP contribution is 2.15. The molecule has 0 aliphatic heterocycles. The Morgan fingerprint density at radius 3 is 2.76 bits per heavy atom. The molecule has 17 heavy (non-hydrogen) atoms. The van der Waals surface area contributed by atoms with E-state index in [2.05, 4.69) is 0 Å². The molecule has 3 nitrogen and oxygen atoms in total. The van der Waals surface area contributed by atoms with Crippen LogP contribution in [0.5, 0.6) is 0 Å². The molecule has 0 saturated carbocycles. The van der Waals surface area contributed by atoms with Gasteiger partial charge in [0, 0.05) is 18.2 Å². The summed E-state index contributed by atoms with van der Waals surface area (Å²) in [7, 11) is 0. The van der Waals surface area contributed by atoms with Crippen molar-refractivity contribution in [3.8, 4) is 0 Å². The van der Waals surface area contributed by atoms with Crippen LogP contribution in [0.2, 0.25) is 0 Å². The summed E-state index contributed by atoms with van der Waals surface area (Å²) in [6, 6.07) is 4.17. The number of carbonyl (C=O) groups is 2. The molecule has 0 bridgehead atoms. The molecule has 0 radical (unpaired) electrons. The Hall–Kier alpha value is -1.62. The number of hydrogen-bond acceptors (Lipinski definition) is 3. The van der Waals surface area contributed by atoms with Gasteiger partial charge in [-0.15, -0.1) is 0 Å². The van der Waals surface area contributed by atoms with E-state index in [1.165, 1.54) is 31.2 Å². The van der Waals surface area contributed by atoms with Crippen molar-refractivity contribution in [2.75, 3.05) is 5.75 Å². The van der Waals surface area contributed by atoms with Crippen LogP contribution in [-0.4, -0.2) is 21.9 Å². The van der Waals surface area contributed by atoms with Crippen molar-refractivity contribution in [2.24, 2.45) is 0 Å². The molecule has 1 N–H and O–H groups in total. The molecule has 0 aliphatic rings. The maximum absolute atomic E-state index is 13.6. The molecule has 1 rings (SSSR count). The van der Waals surface area contributed by atoms with Crippen molar-refractivity contribution in [3.63, 3.8) is 0 Å². The van der Waals surface area contributed by atoms with Crippen LogP contribution in [0.15, 0.2) is 24.3 Å². The van der Waals surface area contributed by atoms with Crippen molar-refractivity contribution in [1.29, 1.82) is 0 Å². The standard InChI is InChI=1S/C12H11FO3S/c1-8(14)17-7-3-5-9-4-2-6-10(11(9)13)12(15)16/h2-6H,7H2,1H3,(H,15,16). The Bertz CT molecular complexity index is 469. The number of carboxylic acid groups (broad SMARTS) is 1. The monoisotopic (exact) mass is 254 g/mol. The molecule has 0 atom stereocenters. The summed E-state index contributed by atoms with van der Waals surface area (Å²) >= 11 is 1.10. The van der Waals surface area contributed by atoms with Crippen LogP contribution in [0.25, 0.3) is 6.08 Å². The molecule has 0 saturated heterocycles. The average molecular weight is 254 g/mol. The van der Waals surface area contributed by atoms with E-state index in [-0.39, 0.29) is 16.2 Å². The number of carbonyl (C=O) groups excluding carboxylic acids is 1. The van der Waals surface area contributed by atoms with E-state index in [0.717, 1.165) is 11.8 Å². The van der Waals surface area contributed by atoms with Crippen molar-refractivity contribution in [1.82, 2.24) is 0 Å². The third-order valence-corrected chi connectivity index (χ3v) is 2.70. The van der Waals surface area contributed by atoms with Gasteiger partial charge in [0.25, 0.3) is 0 Å². The summed E-state index contributed by atoms with van der Waals surface area (Å²) in [6.45, 7) is 1.45. The number of benzene rings is 1. The topological polar surface area (TPSA) is 54.4 Å². The fraction of sp³-hybridized carbons (Fsp3) is 0.167. The molecule has 90 valence electrons. The second kappa shape index (κ2) is 6.20. The highest BCUT2D eigenvalue weighted by atomic mass is 32.2. The van der Waals surface area contributed by atoms with Gasteiger partial charge in [-0.1, -0.05) is 36.0 Å². The van der Waals surface area contributed by atoms with Gasteiger partial charge in [0.1, 0.15) is 5.82 Å². The highest BCUT2D eigenvalue weighted by molar-refractivity contribution is 8.13. The first kappa shape index (κ1) is 13.4. The Morgan fingerprint density at radius 2 is 2.18 bits per heavy atom. The number of carboxylic acids is 1. The van der Waals surface area contributed by atoms with Gasteiger partial charge < -0.3 is 5.11 Å². The molecule has 1 aromatic rings. The second-order valence-electron chi connectivity index (χ2n) is 3.22. The largest absolute Gasteiger partial charge is 0.478 e. The first-order valence-corrected chi connectivity index (χ1v) is 5.82. The van der Waals surface area contributed by atoms with E-state index in [1.54, 1.807) is 6.08 Å². The smallest absolute Gasteiger partial charge is 0.338 e. The Morgan fingerprint density at radius 1 is 1.47 bits per heavy atom. The third-order valence-electron chi connectivity index (χ3n) is 1.94. The van der Waals surface area contributed by atoms with E-state index >= 15 is 0 Å². The summed E-state index contributed by atoms with van der Waals surface area (Å²) < 4.78 is 13.6. The molecular weight excluding hydrogens is 243 g/mol. The quantitative estimate of drug-likeness (QED) is 0.897. The van der Waals surface area contributed by atoms with Gasteiger partial charge in [0.05, 0.1) is 5.56 Å². The third kappa shape index (κ3) is 4.03. The summed E-state index contributed by atoms with van der Waals surface area (Å²) in [5.41, 5.74) is -0.152. The van der Waals surface area contributed by atoms with E-state index in [1.807, 2.05) is 0 Å². The Labute approximate surface area is 102 Å². The van der Waals surface area contributed by atoms with Crippen LogP contribution < -0.4 is 0 Å². The molecule has 0 fully saturated rings. The van der Waals surface area contributed by atoms with Crippen molar-refractivity contribution < 1.29 is 19.1 Å². The minimum atomic E-state index is -1.30. The lowest BCUT2D eigenvalue weighted by molar-refractivity contribution is -0.109.